The highest BCUT2D eigenvalue weighted by molar-refractivity contribution is 6.00. The first-order valence-electron chi connectivity index (χ1n) is 5.11. The van der Waals surface area contributed by atoms with E-state index < -0.39 is 0 Å². The van der Waals surface area contributed by atoms with Crippen molar-refractivity contribution in [3.05, 3.63) is 54.6 Å². The van der Waals surface area contributed by atoms with Crippen molar-refractivity contribution < 1.29 is 4.84 Å². The first-order valence-corrected chi connectivity index (χ1v) is 5.11. The molecule has 0 aliphatic rings. The molecule has 16 heavy (non-hydrogen) atoms. The van der Waals surface area contributed by atoms with Crippen molar-refractivity contribution >= 4 is 21.5 Å². The summed E-state index contributed by atoms with van der Waals surface area (Å²) in [6.07, 6.45) is 0. The summed E-state index contributed by atoms with van der Waals surface area (Å²) in [6.45, 7) is 0. The molecule has 3 rings (SSSR count). The molecule has 0 heterocycles. The van der Waals surface area contributed by atoms with Crippen LogP contribution in [0.25, 0.3) is 21.5 Å². The number of benzene rings is 3. The van der Waals surface area contributed by atoms with E-state index in [-0.39, 0.29) is 0 Å². The summed E-state index contributed by atoms with van der Waals surface area (Å²) in [4.78, 5) is 4.38. The second kappa shape index (κ2) is 3.51. The molecular formula is C14H9NO. The fourth-order valence-electron chi connectivity index (χ4n) is 2.02. The third-order valence-corrected chi connectivity index (χ3v) is 2.81. The van der Waals surface area contributed by atoms with Crippen molar-refractivity contribution in [1.29, 1.82) is 0 Å². The molecule has 0 unspecified atom stereocenters. The van der Waals surface area contributed by atoms with Crippen molar-refractivity contribution in [2.75, 3.05) is 0 Å². The molecule has 3 aromatic rings. The molecule has 0 spiro atoms. The average Bonchev–Trinajstić information content (AvgIpc) is 2.35. The van der Waals surface area contributed by atoms with E-state index in [1.165, 1.54) is 5.39 Å². The standard InChI is InChI=1S/C14H9NO/c15-16-14-7-3-6-12-8-10-4-1-2-5-11(10)9-13(12)14/h1-9H. The van der Waals surface area contributed by atoms with Crippen LogP contribution in [0.3, 0.4) is 0 Å². The minimum atomic E-state index is 0.489. The number of nitrogens with zero attached hydrogens (tertiary/aromatic N) is 1. The van der Waals surface area contributed by atoms with E-state index in [1.54, 1.807) is 6.07 Å². The SMILES string of the molecule is [N]Oc1cccc2cc3ccccc3cc12. The van der Waals surface area contributed by atoms with Gasteiger partial charge in [0.1, 0.15) is 5.90 Å². The summed E-state index contributed by atoms with van der Waals surface area (Å²) in [6, 6.07) is 17.9. The number of hydrogen-bond acceptors (Lipinski definition) is 1. The summed E-state index contributed by atoms with van der Waals surface area (Å²) < 4.78 is 0. The lowest BCUT2D eigenvalue weighted by atomic mass is 10.0. The maximum atomic E-state index is 8.81. The normalized spacial score (nSPS) is 10.8. The molecule has 2 nitrogen and oxygen atoms in total. The van der Waals surface area contributed by atoms with Crippen molar-refractivity contribution in [3.8, 4) is 5.75 Å². The van der Waals surface area contributed by atoms with Gasteiger partial charge in [0, 0.05) is 5.39 Å². The monoisotopic (exact) mass is 207 g/mol. The topological polar surface area (TPSA) is 31.5 Å². The molecule has 3 aromatic carbocycles. The molecule has 0 saturated carbocycles. The van der Waals surface area contributed by atoms with Crippen molar-refractivity contribution in [1.82, 2.24) is 5.90 Å². The van der Waals surface area contributed by atoms with Gasteiger partial charge in [0.25, 0.3) is 0 Å². The van der Waals surface area contributed by atoms with E-state index in [0.29, 0.717) is 5.75 Å². The van der Waals surface area contributed by atoms with E-state index in [0.717, 1.165) is 16.2 Å². The zero-order valence-corrected chi connectivity index (χ0v) is 8.55. The summed E-state index contributed by atoms with van der Waals surface area (Å²) >= 11 is 0. The quantitative estimate of drug-likeness (QED) is 0.444. The lowest BCUT2D eigenvalue weighted by Crippen LogP contribution is -1.88. The van der Waals surface area contributed by atoms with Crippen molar-refractivity contribution in [2.45, 2.75) is 0 Å². The number of hydrogen-bond donors (Lipinski definition) is 0. The third kappa shape index (κ3) is 1.32. The second-order valence-corrected chi connectivity index (χ2v) is 3.77. The largest absolute Gasteiger partial charge is 0.367 e. The van der Waals surface area contributed by atoms with Gasteiger partial charge in [-0.15, -0.1) is 0 Å². The molecule has 0 bridgehead atoms. The van der Waals surface area contributed by atoms with Gasteiger partial charge in [0.05, 0.1) is 0 Å². The Hall–Kier alpha value is -2.06. The Morgan fingerprint density at radius 1 is 0.750 bits per heavy atom. The van der Waals surface area contributed by atoms with E-state index in [1.807, 2.05) is 36.4 Å². The molecule has 76 valence electrons. The summed E-state index contributed by atoms with van der Waals surface area (Å²) in [7, 11) is 0. The Bertz CT molecular complexity index is 661. The molecule has 0 atom stereocenters. The molecule has 0 fully saturated rings. The maximum absolute atomic E-state index is 8.81. The van der Waals surface area contributed by atoms with Gasteiger partial charge in [-0.25, -0.2) is 0 Å². The fourth-order valence-corrected chi connectivity index (χ4v) is 2.02. The predicted molar refractivity (Wildman–Crippen MR) is 64.2 cm³/mol. The van der Waals surface area contributed by atoms with Gasteiger partial charge in [-0.05, 0) is 34.4 Å². The maximum Gasteiger partial charge on any atom is 0.159 e. The van der Waals surface area contributed by atoms with Gasteiger partial charge in [-0.3, -0.25) is 0 Å². The van der Waals surface area contributed by atoms with Gasteiger partial charge < -0.3 is 4.84 Å². The van der Waals surface area contributed by atoms with E-state index in [9.17, 15) is 0 Å². The van der Waals surface area contributed by atoms with Crippen LogP contribution in [0.1, 0.15) is 0 Å². The Balaban J connectivity index is 2.46. The fraction of sp³-hybridized carbons (Fsp3) is 0. The van der Waals surface area contributed by atoms with Gasteiger partial charge in [-0.1, -0.05) is 36.4 Å². The van der Waals surface area contributed by atoms with E-state index in [2.05, 4.69) is 17.0 Å². The first-order chi connectivity index (χ1) is 7.88. The third-order valence-electron chi connectivity index (χ3n) is 2.81. The smallest absolute Gasteiger partial charge is 0.159 e. The van der Waals surface area contributed by atoms with Crippen LogP contribution in [0.5, 0.6) is 5.75 Å². The van der Waals surface area contributed by atoms with Crippen LogP contribution in [0.15, 0.2) is 54.6 Å². The van der Waals surface area contributed by atoms with Crippen molar-refractivity contribution in [2.24, 2.45) is 0 Å². The molecule has 0 amide bonds. The highest BCUT2D eigenvalue weighted by atomic mass is 16.6. The number of rotatable bonds is 1. The molecule has 2 heteroatoms. The Morgan fingerprint density at radius 3 is 2.19 bits per heavy atom. The minimum absolute atomic E-state index is 0.489. The lowest BCUT2D eigenvalue weighted by molar-refractivity contribution is 0.313. The van der Waals surface area contributed by atoms with E-state index >= 15 is 0 Å². The Labute approximate surface area is 93.2 Å². The van der Waals surface area contributed by atoms with Crippen LogP contribution in [0, 0.1) is 0 Å². The van der Waals surface area contributed by atoms with Gasteiger partial charge in [0.15, 0.2) is 5.75 Å². The van der Waals surface area contributed by atoms with Crippen LogP contribution in [-0.4, -0.2) is 0 Å². The Kier molecular flexibility index (Phi) is 2.01. The molecule has 0 saturated heterocycles. The van der Waals surface area contributed by atoms with Crippen LogP contribution in [0.4, 0.5) is 0 Å². The molecular weight excluding hydrogens is 198 g/mol. The molecule has 0 N–H and O–H groups in total. The highest BCUT2D eigenvalue weighted by Gasteiger charge is 2.03. The van der Waals surface area contributed by atoms with Crippen LogP contribution >= 0.6 is 0 Å². The highest BCUT2D eigenvalue weighted by Crippen LogP contribution is 2.29. The average molecular weight is 207 g/mol. The molecule has 0 aliphatic heterocycles. The molecule has 0 aromatic heterocycles. The van der Waals surface area contributed by atoms with Crippen LogP contribution in [-0.2, 0) is 0 Å². The predicted octanol–water partition coefficient (Wildman–Crippen LogP) is 3.36. The minimum Gasteiger partial charge on any atom is -0.367 e. The van der Waals surface area contributed by atoms with E-state index in [4.69, 9.17) is 5.90 Å². The summed E-state index contributed by atoms with van der Waals surface area (Å²) in [5, 5.41) is 4.30. The van der Waals surface area contributed by atoms with Crippen molar-refractivity contribution in [3.63, 3.8) is 0 Å². The lowest BCUT2D eigenvalue weighted by Gasteiger charge is -2.04. The van der Waals surface area contributed by atoms with Crippen LogP contribution < -0.4 is 10.7 Å². The number of fused-ring (bicyclic) bond motifs is 2. The van der Waals surface area contributed by atoms with Crippen LogP contribution in [0.2, 0.25) is 0 Å². The molecule has 0 aliphatic carbocycles. The van der Waals surface area contributed by atoms with Gasteiger partial charge in [-0.2, -0.15) is 0 Å². The zero-order chi connectivity index (χ0) is 11.0. The van der Waals surface area contributed by atoms with Gasteiger partial charge in [0.2, 0.25) is 0 Å². The zero-order valence-electron chi connectivity index (χ0n) is 8.55. The Morgan fingerprint density at radius 2 is 1.44 bits per heavy atom. The summed E-state index contributed by atoms with van der Waals surface area (Å²) in [5.74, 6) is 9.30. The molecule has 2 radical (unpaired) electrons. The van der Waals surface area contributed by atoms with Gasteiger partial charge >= 0.3 is 0 Å². The first kappa shape index (κ1) is 9.19. The second-order valence-electron chi connectivity index (χ2n) is 3.77. The summed E-state index contributed by atoms with van der Waals surface area (Å²) in [5.41, 5.74) is 0.